The van der Waals surface area contributed by atoms with E-state index in [1.165, 1.54) is 76.8 Å². The van der Waals surface area contributed by atoms with Crippen LogP contribution in [0.4, 0.5) is 0 Å². The van der Waals surface area contributed by atoms with Gasteiger partial charge in [0.05, 0.1) is 0 Å². The molecule has 0 N–H and O–H groups in total. The van der Waals surface area contributed by atoms with Crippen molar-refractivity contribution in [3.8, 4) is 0 Å². The summed E-state index contributed by atoms with van der Waals surface area (Å²) in [6.07, 6.45) is 12.3. The molecule has 0 saturated carbocycles. The highest BCUT2D eigenvalue weighted by molar-refractivity contribution is 5.08. The van der Waals surface area contributed by atoms with E-state index < -0.39 is 0 Å². The molecule has 3 nitrogen and oxygen atoms in total. The van der Waals surface area contributed by atoms with E-state index in [9.17, 15) is 0 Å². The Morgan fingerprint density at radius 1 is 1.00 bits per heavy atom. The molecule has 3 heterocycles. The van der Waals surface area contributed by atoms with Crippen LogP contribution in [0.5, 0.6) is 0 Å². The maximum absolute atomic E-state index is 4.24. The van der Waals surface area contributed by atoms with E-state index in [0.717, 1.165) is 12.5 Å². The maximum atomic E-state index is 4.24. The third kappa shape index (κ3) is 4.79. The van der Waals surface area contributed by atoms with Crippen molar-refractivity contribution in [3.05, 3.63) is 30.1 Å². The largest absolute Gasteiger partial charge is 0.303 e. The third-order valence-corrected chi connectivity index (χ3v) is 4.95. The van der Waals surface area contributed by atoms with Gasteiger partial charge in [-0.3, -0.25) is 9.88 Å². The molecule has 1 aromatic heterocycles. The van der Waals surface area contributed by atoms with Crippen molar-refractivity contribution in [1.82, 2.24) is 14.8 Å². The predicted molar refractivity (Wildman–Crippen MR) is 87.1 cm³/mol. The van der Waals surface area contributed by atoms with Crippen LogP contribution in [0, 0.1) is 5.92 Å². The second-order valence-electron chi connectivity index (χ2n) is 6.82. The van der Waals surface area contributed by atoms with Crippen molar-refractivity contribution in [3.63, 3.8) is 0 Å². The first-order valence-corrected chi connectivity index (χ1v) is 8.74. The molecule has 0 aliphatic carbocycles. The van der Waals surface area contributed by atoms with E-state index in [2.05, 4.69) is 20.9 Å². The number of aromatic nitrogens is 1. The molecule has 3 heteroatoms. The lowest BCUT2D eigenvalue weighted by Gasteiger charge is -2.35. The number of hydrogen-bond acceptors (Lipinski definition) is 3. The Morgan fingerprint density at radius 2 is 1.81 bits per heavy atom. The fraction of sp³-hybridized carbons (Fsp3) is 0.722. The van der Waals surface area contributed by atoms with E-state index in [0.29, 0.717) is 0 Å². The second kappa shape index (κ2) is 7.90. The molecule has 0 radical (unpaired) electrons. The Kier molecular flexibility index (Phi) is 5.64. The van der Waals surface area contributed by atoms with E-state index >= 15 is 0 Å². The molecule has 3 rings (SSSR count). The van der Waals surface area contributed by atoms with Crippen LogP contribution >= 0.6 is 0 Å². The summed E-state index contributed by atoms with van der Waals surface area (Å²) in [5.41, 5.74) is 1.35. The van der Waals surface area contributed by atoms with Crippen LogP contribution in [0.2, 0.25) is 0 Å². The fourth-order valence-corrected chi connectivity index (χ4v) is 3.88. The fourth-order valence-electron chi connectivity index (χ4n) is 3.88. The van der Waals surface area contributed by atoms with Crippen molar-refractivity contribution >= 4 is 0 Å². The van der Waals surface area contributed by atoms with Crippen LogP contribution in [0.25, 0.3) is 0 Å². The molecule has 21 heavy (non-hydrogen) atoms. The standard InChI is InChI=1S/C18H29N3/c1-2-4-11-20(10-3-1)15-18-8-6-12-21(16-18)14-17-7-5-9-19-13-17/h5,7,9,13,18H,1-4,6,8,10-12,14-16H2/t18-/m0/s1. The molecule has 0 amide bonds. The summed E-state index contributed by atoms with van der Waals surface area (Å²) >= 11 is 0. The quantitative estimate of drug-likeness (QED) is 0.848. The molecular weight excluding hydrogens is 258 g/mol. The molecule has 2 fully saturated rings. The number of nitrogens with zero attached hydrogens (tertiary/aromatic N) is 3. The molecule has 0 bridgehead atoms. The average Bonchev–Trinajstić information content (AvgIpc) is 2.77. The smallest absolute Gasteiger partial charge is 0.0312 e. The first-order chi connectivity index (χ1) is 10.4. The first-order valence-electron chi connectivity index (χ1n) is 8.74. The van der Waals surface area contributed by atoms with Gasteiger partial charge in [0.15, 0.2) is 0 Å². The van der Waals surface area contributed by atoms with E-state index in [1.54, 1.807) is 0 Å². The lowest BCUT2D eigenvalue weighted by Crippen LogP contribution is -2.41. The van der Waals surface area contributed by atoms with E-state index in [-0.39, 0.29) is 0 Å². The Hall–Kier alpha value is -0.930. The molecule has 1 atom stereocenters. The highest BCUT2D eigenvalue weighted by Crippen LogP contribution is 2.21. The van der Waals surface area contributed by atoms with Gasteiger partial charge in [-0.05, 0) is 62.9 Å². The van der Waals surface area contributed by atoms with Crippen molar-refractivity contribution in [2.75, 3.05) is 32.7 Å². The first kappa shape index (κ1) is 15.0. The predicted octanol–water partition coefficient (Wildman–Crippen LogP) is 3.17. The third-order valence-electron chi connectivity index (χ3n) is 4.95. The zero-order valence-electron chi connectivity index (χ0n) is 13.2. The summed E-state index contributed by atoms with van der Waals surface area (Å²) in [6.45, 7) is 7.59. The summed E-state index contributed by atoms with van der Waals surface area (Å²) in [5.74, 6) is 0.869. The van der Waals surface area contributed by atoms with Gasteiger partial charge in [-0.1, -0.05) is 18.9 Å². The normalized spacial score (nSPS) is 25.6. The SMILES string of the molecule is c1cncc(CN2CCC[C@@H](CN3CCCCCC3)C2)c1. The highest BCUT2D eigenvalue weighted by atomic mass is 15.2. The van der Waals surface area contributed by atoms with Gasteiger partial charge in [0, 0.05) is 32.0 Å². The van der Waals surface area contributed by atoms with Gasteiger partial charge in [0.2, 0.25) is 0 Å². The Bertz CT molecular complexity index is 398. The number of rotatable bonds is 4. The molecule has 0 unspecified atom stereocenters. The van der Waals surface area contributed by atoms with Gasteiger partial charge >= 0.3 is 0 Å². The molecular formula is C18H29N3. The maximum Gasteiger partial charge on any atom is 0.0312 e. The van der Waals surface area contributed by atoms with Gasteiger partial charge in [0.25, 0.3) is 0 Å². The molecule has 1 aromatic rings. The lowest BCUT2D eigenvalue weighted by molar-refractivity contribution is 0.129. The number of likely N-dealkylation sites (tertiary alicyclic amines) is 2. The molecule has 2 aliphatic heterocycles. The Morgan fingerprint density at radius 3 is 2.57 bits per heavy atom. The van der Waals surface area contributed by atoms with Crippen LogP contribution in [0.15, 0.2) is 24.5 Å². The number of pyridine rings is 1. The van der Waals surface area contributed by atoms with Crippen LogP contribution in [0.3, 0.4) is 0 Å². The van der Waals surface area contributed by atoms with Crippen LogP contribution in [0.1, 0.15) is 44.1 Å². The van der Waals surface area contributed by atoms with Crippen LogP contribution < -0.4 is 0 Å². The minimum absolute atomic E-state index is 0.869. The minimum atomic E-state index is 0.869. The number of hydrogen-bond donors (Lipinski definition) is 0. The zero-order chi connectivity index (χ0) is 14.3. The highest BCUT2D eigenvalue weighted by Gasteiger charge is 2.22. The molecule has 2 saturated heterocycles. The van der Waals surface area contributed by atoms with Gasteiger partial charge < -0.3 is 4.90 Å². The van der Waals surface area contributed by atoms with Gasteiger partial charge in [0.1, 0.15) is 0 Å². The summed E-state index contributed by atoms with van der Waals surface area (Å²) < 4.78 is 0. The Balaban J connectivity index is 1.48. The van der Waals surface area contributed by atoms with Crippen molar-refractivity contribution in [2.24, 2.45) is 5.92 Å². The van der Waals surface area contributed by atoms with Crippen molar-refractivity contribution in [1.29, 1.82) is 0 Å². The molecule has 2 aliphatic rings. The summed E-state index contributed by atoms with van der Waals surface area (Å²) in [5, 5.41) is 0. The van der Waals surface area contributed by atoms with E-state index in [4.69, 9.17) is 0 Å². The summed E-state index contributed by atoms with van der Waals surface area (Å²) in [4.78, 5) is 9.59. The summed E-state index contributed by atoms with van der Waals surface area (Å²) in [7, 11) is 0. The average molecular weight is 287 g/mol. The monoisotopic (exact) mass is 287 g/mol. The van der Waals surface area contributed by atoms with Gasteiger partial charge in [-0.25, -0.2) is 0 Å². The number of piperidine rings is 1. The van der Waals surface area contributed by atoms with Gasteiger partial charge in [-0.15, -0.1) is 0 Å². The summed E-state index contributed by atoms with van der Waals surface area (Å²) in [6, 6.07) is 4.25. The van der Waals surface area contributed by atoms with Crippen LogP contribution in [-0.4, -0.2) is 47.5 Å². The Labute approximate surface area is 129 Å². The van der Waals surface area contributed by atoms with Crippen molar-refractivity contribution < 1.29 is 0 Å². The van der Waals surface area contributed by atoms with Crippen molar-refractivity contribution in [2.45, 2.75) is 45.1 Å². The second-order valence-corrected chi connectivity index (χ2v) is 6.82. The van der Waals surface area contributed by atoms with Gasteiger partial charge in [-0.2, -0.15) is 0 Å². The molecule has 0 aromatic carbocycles. The van der Waals surface area contributed by atoms with Crippen LogP contribution in [-0.2, 0) is 6.54 Å². The minimum Gasteiger partial charge on any atom is -0.303 e. The van der Waals surface area contributed by atoms with E-state index in [1.807, 2.05) is 18.5 Å². The molecule has 0 spiro atoms. The lowest BCUT2D eigenvalue weighted by atomic mass is 9.97. The zero-order valence-corrected chi connectivity index (χ0v) is 13.2. The topological polar surface area (TPSA) is 19.4 Å². The molecule has 116 valence electrons.